The number of hydrogen-bond donors (Lipinski definition) is 0. The SMILES string of the molecule is C/[C](=C1\C[C@@H](C[C@H](C)CC/C=C(\C)COCOCC[Si](C)(C)C)OC1=O)[Sn]([CH3])([CH3])[CH3]. The maximum absolute atomic E-state index is 12.3. The first-order valence-electron chi connectivity index (χ1n) is 11.5. The van der Waals surface area contributed by atoms with Gasteiger partial charge in [-0.05, 0) is 6.04 Å². The third-order valence-electron chi connectivity index (χ3n) is 5.84. The Balaban J connectivity index is 2.27. The number of hydrogen-bond acceptors (Lipinski definition) is 4. The standard InChI is InChI=1S/C21H37O4Si.3CH3.Sn/c1-7-19-14-20(25-21(19)22)13-17(2)9-8-10-18(3)15-24-16-23-11-12-26(4,5)6;;;;/h10,17,20H,8-9,11-16H2,1-6H3;3*1H3;/b18-10+,19-7?;;;;/t17-,20-;;;;/m1..../s1. The molecule has 1 saturated heterocycles. The molecule has 0 unspecified atom stereocenters. The molecule has 1 aliphatic heterocycles. The molecule has 1 heterocycles. The third kappa shape index (κ3) is 11.5. The molecule has 0 bridgehead atoms. The molecule has 1 aliphatic rings. The maximum atomic E-state index is 12.3. The van der Waals surface area contributed by atoms with Gasteiger partial charge in [-0.3, -0.25) is 0 Å². The summed E-state index contributed by atoms with van der Waals surface area (Å²) in [5.41, 5.74) is 2.23. The third-order valence-corrected chi connectivity index (χ3v) is 14.8. The molecule has 1 rings (SSSR count). The topological polar surface area (TPSA) is 44.8 Å². The van der Waals surface area contributed by atoms with Crippen molar-refractivity contribution in [3.8, 4) is 0 Å². The zero-order chi connectivity index (χ0) is 22.9. The zero-order valence-corrected chi connectivity index (χ0v) is 24.9. The van der Waals surface area contributed by atoms with Crippen LogP contribution in [0, 0.1) is 5.92 Å². The fourth-order valence-corrected chi connectivity index (χ4v) is 7.33. The van der Waals surface area contributed by atoms with Crippen LogP contribution in [0.15, 0.2) is 20.8 Å². The van der Waals surface area contributed by atoms with Crippen molar-refractivity contribution in [2.45, 2.75) is 93.1 Å². The van der Waals surface area contributed by atoms with Crippen LogP contribution in [0.1, 0.15) is 46.5 Å². The van der Waals surface area contributed by atoms with Crippen molar-refractivity contribution in [3.05, 3.63) is 20.8 Å². The first kappa shape index (κ1) is 27.9. The molecule has 0 spiro atoms. The monoisotopic (exact) mass is 546 g/mol. The minimum absolute atomic E-state index is 0.0590. The summed E-state index contributed by atoms with van der Waals surface area (Å²) in [4.78, 5) is 19.4. The number of carbonyl (C=O) groups is 1. The average molecular weight is 545 g/mol. The number of ether oxygens (including phenoxy) is 3. The van der Waals surface area contributed by atoms with Crippen LogP contribution in [0.4, 0.5) is 0 Å². The normalized spacial score (nSPS) is 21.0. The summed E-state index contributed by atoms with van der Waals surface area (Å²) in [5, 5.41) is 0. The Morgan fingerprint density at radius 3 is 2.50 bits per heavy atom. The summed E-state index contributed by atoms with van der Waals surface area (Å²) in [6.45, 7) is 15.4. The number of cyclic esters (lactones) is 1. The van der Waals surface area contributed by atoms with Gasteiger partial charge in [0, 0.05) is 14.7 Å². The molecule has 6 heteroatoms. The van der Waals surface area contributed by atoms with Gasteiger partial charge in [0.05, 0.1) is 0 Å². The van der Waals surface area contributed by atoms with E-state index in [2.05, 4.69) is 61.3 Å². The molecule has 1 fully saturated rings. The van der Waals surface area contributed by atoms with E-state index in [9.17, 15) is 4.79 Å². The number of carbonyl (C=O) groups excluding carboxylic acids is 1. The Kier molecular flexibility index (Phi) is 11.9. The summed E-state index contributed by atoms with van der Waals surface area (Å²) in [6.07, 6.45) is 6.23. The number of rotatable bonds is 13. The Morgan fingerprint density at radius 2 is 1.90 bits per heavy atom. The van der Waals surface area contributed by atoms with Gasteiger partial charge in [0.2, 0.25) is 0 Å². The second-order valence-corrected chi connectivity index (χ2v) is 31.8. The first-order chi connectivity index (χ1) is 13.8. The van der Waals surface area contributed by atoms with E-state index in [4.69, 9.17) is 14.2 Å². The van der Waals surface area contributed by atoms with E-state index in [0.717, 1.165) is 37.9 Å². The van der Waals surface area contributed by atoms with Gasteiger partial charge in [-0.25, -0.2) is 0 Å². The van der Waals surface area contributed by atoms with Crippen LogP contribution >= 0.6 is 0 Å². The van der Waals surface area contributed by atoms with E-state index >= 15 is 0 Å². The van der Waals surface area contributed by atoms with Crippen LogP contribution in [0.5, 0.6) is 0 Å². The van der Waals surface area contributed by atoms with Gasteiger partial charge in [-0.2, -0.15) is 0 Å². The second-order valence-electron chi connectivity index (χ2n) is 11.2. The van der Waals surface area contributed by atoms with E-state index in [-0.39, 0.29) is 12.1 Å². The predicted octanol–water partition coefficient (Wildman–Crippen LogP) is 6.58. The van der Waals surface area contributed by atoms with Crippen molar-refractivity contribution in [2.75, 3.05) is 20.0 Å². The second kappa shape index (κ2) is 12.8. The Labute approximate surface area is 190 Å². The molecular weight excluding hydrogens is 499 g/mol. The number of allylic oxidation sites excluding steroid dienone is 2. The molecule has 4 nitrogen and oxygen atoms in total. The van der Waals surface area contributed by atoms with Crippen molar-refractivity contribution < 1.29 is 19.0 Å². The zero-order valence-electron chi connectivity index (χ0n) is 21.0. The predicted molar refractivity (Wildman–Crippen MR) is 132 cm³/mol. The average Bonchev–Trinajstić information content (AvgIpc) is 2.95. The van der Waals surface area contributed by atoms with Crippen LogP contribution < -0.4 is 0 Å². The molecule has 2 atom stereocenters. The van der Waals surface area contributed by atoms with Gasteiger partial charge in [-0.15, -0.1) is 0 Å². The van der Waals surface area contributed by atoms with Gasteiger partial charge < -0.3 is 4.74 Å². The van der Waals surface area contributed by atoms with Gasteiger partial charge in [0.1, 0.15) is 6.79 Å². The van der Waals surface area contributed by atoms with E-state index in [0.29, 0.717) is 19.3 Å². The molecule has 0 N–H and O–H groups in total. The molecule has 0 saturated carbocycles. The summed E-state index contributed by atoms with van der Waals surface area (Å²) in [6, 6.07) is 1.18. The van der Waals surface area contributed by atoms with E-state index < -0.39 is 26.5 Å². The molecule has 174 valence electrons. The van der Waals surface area contributed by atoms with E-state index in [1.54, 1.807) is 0 Å². The van der Waals surface area contributed by atoms with Crippen molar-refractivity contribution in [2.24, 2.45) is 5.92 Å². The van der Waals surface area contributed by atoms with Crippen LogP contribution in [0.2, 0.25) is 40.5 Å². The molecule has 0 aliphatic carbocycles. The summed E-state index contributed by atoms with van der Waals surface area (Å²) in [7, 11) is -1.02. The summed E-state index contributed by atoms with van der Waals surface area (Å²) in [5.74, 6) is 0.478. The molecule has 0 aromatic carbocycles. The molecule has 0 aromatic rings. The van der Waals surface area contributed by atoms with Gasteiger partial charge in [0.15, 0.2) is 0 Å². The van der Waals surface area contributed by atoms with E-state index in [1.807, 2.05) is 0 Å². The summed E-state index contributed by atoms with van der Waals surface area (Å²) < 4.78 is 18.2. The Bertz CT molecular complexity index is 614. The quantitative estimate of drug-likeness (QED) is 0.0656. The van der Waals surface area contributed by atoms with Crippen molar-refractivity contribution in [3.63, 3.8) is 0 Å². The number of esters is 1. The fraction of sp³-hybridized carbons (Fsp3) is 0.792. The summed E-state index contributed by atoms with van der Waals surface area (Å²) >= 11 is -2.19. The Hall–Kier alpha value is -0.114. The molecule has 0 amide bonds. The van der Waals surface area contributed by atoms with Crippen LogP contribution in [-0.4, -0.2) is 58.5 Å². The van der Waals surface area contributed by atoms with Gasteiger partial charge in [-0.1, -0.05) is 19.6 Å². The minimum atomic E-state index is -2.19. The van der Waals surface area contributed by atoms with Crippen molar-refractivity contribution in [1.82, 2.24) is 0 Å². The van der Waals surface area contributed by atoms with Crippen molar-refractivity contribution in [1.29, 1.82) is 0 Å². The molecule has 30 heavy (non-hydrogen) atoms. The fourth-order valence-electron chi connectivity index (χ4n) is 3.40. The molecule has 0 radical (unpaired) electrons. The van der Waals surface area contributed by atoms with Crippen LogP contribution in [-0.2, 0) is 19.0 Å². The van der Waals surface area contributed by atoms with Gasteiger partial charge >= 0.3 is 139 Å². The molecule has 0 aromatic heterocycles. The van der Waals surface area contributed by atoms with Crippen molar-refractivity contribution >= 4 is 32.4 Å². The van der Waals surface area contributed by atoms with Crippen LogP contribution in [0.25, 0.3) is 0 Å². The first-order valence-corrected chi connectivity index (χ1v) is 25.2. The Morgan fingerprint density at radius 1 is 1.23 bits per heavy atom. The van der Waals surface area contributed by atoms with Crippen LogP contribution in [0.3, 0.4) is 0 Å². The van der Waals surface area contributed by atoms with Gasteiger partial charge in [0.25, 0.3) is 0 Å². The molecular formula is C24H46O4SiSn. The van der Waals surface area contributed by atoms with E-state index in [1.165, 1.54) is 15.2 Å².